The fourth-order valence-corrected chi connectivity index (χ4v) is 2.83. The van der Waals surface area contributed by atoms with Crippen LogP contribution >= 0.6 is 0 Å². The monoisotopic (exact) mass is 350 g/mol. The summed E-state index contributed by atoms with van der Waals surface area (Å²) < 4.78 is 0. The molecule has 1 aliphatic rings. The SMILES string of the molecule is CN(CC(=O)NCc1ccc(C2CCNN2)cc1)c1ccc(C#N)cn1. The van der Waals surface area contributed by atoms with Gasteiger partial charge in [0.1, 0.15) is 11.9 Å². The highest BCUT2D eigenvalue weighted by atomic mass is 16.2. The minimum absolute atomic E-state index is 0.0793. The highest BCUT2D eigenvalue weighted by molar-refractivity contribution is 5.80. The maximum atomic E-state index is 12.1. The number of likely N-dealkylation sites (N-methyl/N-ethyl adjacent to an activating group) is 1. The molecule has 134 valence electrons. The summed E-state index contributed by atoms with van der Waals surface area (Å²) in [5.74, 6) is 0.575. The summed E-state index contributed by atoms with van der Waals surface area (Å²) >= 11 is 0. The number of nitrogens with zero attached hydrogens (tertiary/aromatic N) is 3. The lowest BCUT2D eigenvalue weighted by Gasteiger charge is -2.17. The predicted octanol–water partition coefficient (Wildman–Crippen LogP) is 1.24. The van der Waals surface area contributed by atoms with E-state index in [1.807, 2.05) is 18.2 Å². The summed E-state index contributed by atoms with van der Waals surface area (Å²) in [4.78, 5) is 18.1. The van der Waals surface area contributed by atoms with Crippen LogP contribution in [0.1, 0.15) is 29.2 Å². The van der Waals surface area contributed by atoms with Crippen molar-refractivity contribution in [2.24, 2.45) is 0 Å². The third-order valence-corrected chi connectivity index (χ3v) is 4.35. The second-order valence-corrected chi connectivity index (χ2v) is 6.30. The van der Waals surface area contributed by atoms with E-state index in [9.17, 15) is 4.79 Å². The standard InChI is InChI=1S/C19H22N6O/c1-25(18-7-4-15(10-20)12-21-18)13-19(26)22-11-14-2-5-16(6-3-14)17-8-9-23-24-17/h2-7,12,17,23-24H,8-9,11,13H2,1H3,(H,22,26). The Hall–Kier alpha value is -2.95. The number of carbonyl (C=O) groups is 1. The number of rotatable bonds is 6. The van der Waals surface area contributed by atoms with E-state index in [-0.39, 0.29) is 12.5 Å². The number of hydrogen-bond acceptors (Lipinski definition) is 6. The van der Waals surface area contributed by atoms with Gasteiger partial charge in [0, 0.05) is 32.4 Å². The van der Waals surface area contributed by atoms with E-state index in [1.165, 1.54) is 11.8 Å². The van der Waals surface area contributed by atoms with Crippen molar-refractivity contribution in [1.82, 2.24) is 21.2 Å². The lowest BCUT2D eigenvalue weighted by atomic mass is 10.0. The van der Waals surface area contributed by atoms with Crippen molar-refractivity contribution in [3.8, 4) is 6.07 Å². The van der Waals surface area contributed by atoms with Crippen molar-refractivity contribution in [3.63, 3.8) is 0 Å². The number of aromatic nitrogens is 1. The average Bonchev–Trinajstić information content (AvgIpc) is 3.21. The number of pyridine rings is 1. The van der Waals surface area contributed by atoms with E-state index in [1.54, 1.807) is 24.1 Å². The lowest BCUT2D eigenvalue weighted by Crippen LogP contribution is -2.35. The molecule has 1 atom stereocenters. The molecule has 2 aromatic rings. The van der Waals surface area contributed by atoms with Gasteiger partial charge in [0.15, 0.2) is 0 Å². The maximum absolute atomic E-state index is 12.1. The predicted molar refractivity (Wildman–Crippen MR) is 99.0 cm³/mol. The largest absolute Gasteiger partial charge is 0.350 e. The summed E-state index contributed by atoms with van der Waals surface area (Å²) in [5.41, 5.74) is 9.18. The van der Waals surface area contributed by atoms with E-state index in [0.29, 0.717) is 24.0 Å². The molecule has 0 bridgehead atoms. The van der Waals surface area contributed by atoms with Crippen LogP contribution in [0.2, 0.25) is 0 Å². The van der Waals surface area contributed by atoms with Crippen LogP contribution in [0.3, 0.4) is 0 Å². The second-order valence-electron chi connectivity index (χ2n) is 6.30. The van der Waals surface area contributed by atoms with Crippen LogP contribution in [-0.2, 0) is 11.3 Å². The lowest BCUT2D eigenvalue weighted by molar-refractivity contribution is -0.119. The normalized spacial score (nSPS) is 16.1. The Morgan fingerprint density at radius 3 is 2.77 bits per heavy atom. The first kappa shape index (κ1) is 17.9. The zero-order valence-corrected chi connectivity index (χ0v) is 14.7. The number of amides is 1. The molecule has 1 aliphatic heterocycles. The van der Waals surface area contributed by atoms with E-state index in [0.717, 1.165) is 18.5 Å². The number of carbonyl (C=O) groups excluding carboxylic acids is 1. The molecular formula is C19H22N6O. The van der Waals surface area contributed by atoms with Gasteiger partial charge in [-0.15, -0.1) is 0 Å². The number of hydrogen-bond donors (Lipinski definition) is 3. The Labute approximate surface area is 153 Å². The molecule has 1 aromatic carbocycles. The molecule has 3 rings (SSSR count). The van der Waals surface area contributed by atoms with Crippen LogP contribution in [-0.4, -0.2) is 31.0 Å². The quantitative estimate of drug-likeness (QED) is 0.726. The Balaban J connectivity index is 1.47. The Bertz CT molecular complexity index is 775. The Morgan fingerprint density at radius 1 is 1.35 bits per heavy atom. The van der Waals surface area contributed by atoms with Gasteiger partial charge >= 0.3 is 0 Å². The zero-order valence-electron chi connectivity index (χ0n) is 14.7. The third-order valence-electron chi connectivity index (χ3n) is 4.35. The fourth-order valence-electron chi connectivity index (χ4n) is 2.83. The molecule has 7 heteroatoms. The van der Waals surface area contributed by atoms with Gasteiger partial charge in [-0.3, -0.25) is 15.6 Å². The molecule has 1 aromatic heterocycles. The van der Waals surface area contributed by atoms with Gasteiger partial charge in [-0.05, 0) is 29.7 Å². The summed E-state index contributed by atoms with van der Waals surface area (Å²) in [5, 5.41) is 11.7. The molecular weight excluding hydrogens is 328 g/mol. The average molecular weight is 350 g/mol. The topological polar surface area (TPSA) is 93.1 Å². The number of nitriles is 1. The summed E-state index contributed by atoms with van der Waals surface area (Å²) in [6.45, 7) is 1.67. The minimum Gasteiger partial charge on any atom is -0.350 e. The molecule has 7 nitrogen and oxygen atoms in total. The van der Waals surface area contributed by atoms with Gasteiger partial charge in [-0.25, -0.2) is 4.98 Å². The second kappa shape index (κ2) is 8.43. The maximum Gasteiger partial charge on any atom is 0.239 e. The van der Waals surface area contributed by atoms with Gasteiger partial charge in [-0.2, -0.15) is 5.26 Å². The van der Waals surface area contributed by atoms with Gasteiger partial charge in [0.2, 0.25) is 5.91 Å². The van der Waals surface area contributed by atoms with Crippen LogP contribution in [0.4, 0.5) is 5.82 Å². The zero-order chi connectivity index (χ0) is 18.4. The molecule has 1 amide bonds. The minimum atomic E-state index is -0.0793. The molecule has 3 N–H and O–H groups in total. The van der Waals surface area contributed by atoms with Gasteiger partial charge in [0.05, 0.1) is 12.1 Å². The van der Waals surface area contributed by atoms with Crippen molar-refractivity contribution in [3.05, 3.63) is 59.3 Å². The van der Waals surface area contributed by atoms with Crippen molar-refractivity contribution in [1.29, 1.82) is 5.26 Å². The summed E-state index contributed by atoms with van der Waals surface area (Å²) in [6.07, 6.45) is 2.58. The molecule has 0 radical (unpaired) electrons. The smallest absolute Gasteiger partial charge is 0.239 e. The van der Waals surface area contributed by atoms with Crippen LogP contribution in [0, 0.1) is 11.3 Å². The van der Waals surface area contributed by atoms with Crippen molar-refractivity contribution < 1.29 is 4.79 Å². The molecule has 2 heterocycles. The molecule has 1 fully saturated rings. The Morgan fingerprint density at radius 2 is 2.15 bits per heavy atom. The third kappa shape index (κ3) is 4.57. The summed E-state index contributed by atoms with van der Waals surface area (Å²) in [7, 11) is 1.80. The van der Waals surface area contributed by atoms with Crippen molar-refractivity contribution in [2.45, 2.75) is 19.0 Å². The molecule has 1 saturated heterocycles. The first-order valence-corrected chi connectivity index (χ1v) is 8.57. The molecule has 0 aliphatic carbocycles. The first-order chi connectivity index (χ1) is 12.7. The van der Waals surface area contributed by atoms with Crippen LogP contribution < -0.4 is 21.1 Å². The molecule has 0 spiro atoms. The molecule has 0 saturated carbocycles. The van der Waals surface area contributed by atoms with Crippen LogP contribution in [0.25, 0.3) is 0 Å². The molecule has 26 heavy (non-hydrogen) atoms. The Kier molecular flexibility index (Phi) is 5.79. The number of nitrogens with one attached hydrogen (secondary N) is 3. The van der Waals surface area contributed by atoms with Crippen molar-refractivity contribution in [2.75, 3.05) is 25.0 Å². The van der Waals surface area contributed by atoms with Crippen LogP contribution in [0.5, 0.6) is 0 Å². The summed E-state index contributed by atoms with van der Waals surface area (Å²) in [6, 6.07) is 14.1. The van der Waals surface area contributed by atoms with Gasteiger partial charge in [0.25, 0.3) is 0 Å². The number of benzene rings is 1. The molecule has 1 unspecified atom stereocenters. The highest BCUT2D eigenvalue weighted by Crippen LogP contribution is 2.19. The van der Waals surface area contributed by atoms with Crippen molar-refractivity contribution >= 4 is 11.7 Å². The number of anilines is 1. The van der Waals surface area contributed by atoms with Crippen LogP contribution in [0.15, 0.2) is 42.6 Å². The van der Waals surface area contributed by atoms with E-state index >= 15 is 0 Å². The van der Waals surface area contributed by atoms with Gasteiger partial charge < -0.3 is 10.2 Å². The van der Waals surface area contributed by atoms with Gasteiger partial charge in [-0.1, -0.05) is 24.3 Å². The number of hydrazine groups is 1. The van der Waals surface area contributed by atoms with E-state index in [4.69, 9.17) is 5.26 Å². The fraction of sp³-hybridized carbons (Fsp3) is 0.316. The highest BCUT2D eigenvalue weighted by Gasteiger charge is 2.15. The first-order valence-electron chi connectivity index (χ1n) is 8.57. The van der Waals surface area contributed by atoms with E-state index < -0.39 is 0 Å². The van der Waals surface area contributed by atoms with E-state index in [2.05, 4.69) is 33.3 Å².